The Morgan fingerprint density at radius 1 is 1.58 bits per heavy atom. The molecule has 0 aliphatic carbocycles. The van der Waals surface area contributed by atoms with Gasteiger partial charge in [-0.05, 0) is 13.8 Å². The number of hydrogen-bond acceptors (Lipinski definition) is 5. The van der Waals surface area contributed by atoms with Crippen LogP contribution >= 0.6 is 7.52 Å². The summed E-state index contributed by atoms with van der Waals surface area (Å²) in [4.78, 5) is 21.1. The Morgan fingerprint density at radius 2 is 2.00 bits per heavy atom. The summed E-state index contributed by atoms with van der Waals surface area (Å²) in [5.74, 6) is -2.59. The van der Waals surface area contributed by atoms with E-state index in [9.17, 15) is 19.4 Å². The quantitative estimate of drug-likeness (QED) is 0.480. The Kier molecular flexibility index (Phi) is 3.86. The van der Waals surface area contributed by atoms with Crippen molar-refractivity contribution >= 4 is 13.5 Å². The molecule has 3 atom stereocenters. The number of nitrogens with two attached hydrogens (primary N) is 1. The van der Waals surface area contributed by atoms with Crippen LogP contribution in [0.25, 0.3) is 0 Å². The van der Waals surface area contributed by atoms with Crippen molar-refractivity contribution < 1.29 is 19.4 Å². The van der Waals surface area contributed by atoms with Crippen molar-refractivity contribution in [2.75, 3.05) is 0 Å². The van der Waals surface area contributed by atoms with E-state index in [4.69, 9.17) is 5.73 Å². The zero-order valence-electron chi connectivity index (χ0n) is 6.81. The molecule has 12 heavy (non-hydrogen) atoms. The maximum atomic E-state index is 10.9. The average Bonchev–Trinajstić information content (AvgIpc) is 1.85. The van der Waals surface area contributed by atoms with Crippen LogP contribution in [-0.2, 0) is 9.36 Å². The predicted octanol–water partition coefficient (Wildman–Crippen LogP) is -2.43. The lowest BCUT2D eigenvalue weighted by Crippen LogP contribution is -2.46. The van der Waals surface area contributed by atoms with Gasteiger partial charge in [-0.3, -0.25) is 5.09 Å². The Labute approximate surface area is 70.3 Å². The van der Waals surface area contributed by atoms with Crippen LogP contribution in [0.3, 0.4) is 0 Å². The molecule has 0 bridgehead atoms. The molecule has 0 saturated heterocycles. The predicted molar refractivity (Wildman–Crippen MR) is 38.9 cm³/mol. The van der Waals surface area contributed by atoms with Crippen LogP contribution in [-0.4, -0.2) is 17.8 Å². The monoisotopic (exact) mass is 194 g/mol. The third-order valence-corrected chi connectivity index (χ3v) is 3.08. The largest absolute Gasteiger partial charge is 0.787 e. The minimum atomic E-state index is -4.02. The zero-order valence-corrected chi connectivity index (χ0v) is 7.71. The number of carbonyl (C=O) groups excluding carboxylic acids is 1. The number of aliphatic carboxylic acids is 1. The summed E-state index contributed by atoms with van der Waals surface area (Å²) in [5, 5.41) is 12.0. The second-order valence-electron chi connectivity index (χ2n) is 2.51. The van der Waals surface area contributed by atoms with Gasteiger partial charge in [-0.2, -0.15) is 0 Å². The molecule has 72 valence electrons. The lowest BCUT2D eigenvalue weighted by molar-refractivity contribution is -0.307. The number of hydrogen-bond donors (Lipinski definition) is 2. The van der Waals surface area contributed by atoms with E-state index in [1.54, 1.807) is 0 Å². The van der Waals surface area contributed by atoms with Crippen molar-refractivity contribution in [3.63, 3.8) is 0 Å². The van der Waals surface area contributed by atoms with E-state index < -0.39 is 25.3 Å². The molecule has 0 rings (SSSR count). The lowest BCUT2D eigenvalue weighted by Gasteiger charge is -2.31. The van der Waals surface area contributed by atoms with E-state index in [0.717, 1.165) is 0 Å². The molecule has 0 heterocycles. The number of rotatable bonds is 4. The summed E-state index contributed by atoms with van der Waals surface area (Å²) in [5.41, 5.74) is 5.07. The number of carboxylic acid groups (broad SMARTS) is 1. The van der Waals surface area contributed by atoms with Crippen molar-refractivity contribution in [3.8, 4) is 0 Å². The highest BCUT2D eigenvalue weighted by atomic mass is 31.2. The molecule has 0 radical (unpaired) electrons. The molecule has 0 aromatic heterocycles. The van der Waals surface area contributed by atoms with Crippen molar-refractivity contribution in [2.24, 2.45) is 5.73 Å². The van der Waals surface area contributed by atoms with Crippen LogP contribution in [0.2, 0.25) is 0 Å². The van der Waals surface area contributed by atoms with Crippen LogP contribution in [0.4, 0.5) is 0 Å². The zero-order chi connectivity index (χ0) is 9.94. The fourth-order valence-corrected chi connectivity index (χ4v) is 1.32. The van der Waals surface area contributed by atoms with Gasteiger partial charge in [0.2, 0.25) is 0 Å². The van der Waals surface area contributed by atoms with Crippen molar-refractivity contribution in [2.45, 2.75) is 25.7 Å². The second kappa shape index (κ2) is 4.00. The molecule has 0 aromatic rings. The van der Waals surface area contributed by atoms with Crippen molar-refractivity contribution in [3.05, 3.63) is 0 Å². The van der Waals surface area contributed by atoms with Gasteiger partial charge in [-0.1, -0.05) is 0 Å². The molecule has 7 heteroatoms. The molecule has 0 saturated carbocycles. The van der Waals surface area contributed by atoms with E-state index in [-0.39, 0.29) is 0 Å². The molecule has 0 aliphatic heterocycles. The molecular weight excluding hydrogens is 183 g/mol. The summed E-state index contributed by atoms with van der Waals surface area (Å²) in [6, 6.07) is -1.25. The Bertz CT molecular complexity index is 217. The number of carboxylic acids is 1. The van der Waals surface area contributed by atoms with Crippen LogP contribution in [0.15, 0.2) is 0 Å². The summed E-state index contributed by atoms with van der Waals surface area (Å²) in [7, 11) is -4.02. The average molecular weight is 194 g/mol. The summed E-state index contributed by atoms with van der Waals surface area (Å²) in [6.45, 7) is 2.42. The summed E-state index contributed by atoms with van der Waals surface area (Å²) >= 11 is 0. The standard InChI is InChI=1S/C5H13N2O4P/c1-3(5(8)9)7-12(10,11)4(2)6/h3-4H,6H2,1-2H3,(H,8,9)(H2,7,10,11)/p-2. The SMILES string of the molecule is CC(NP(=O)([O-])C(C)N)C(=O)[O-]. The van der Waals surface area contributed by atoms with Crippen LogP contribution < -0.4 is 20.8 Å². The summed E-state index contributed by atoms with van der Waals surface area (Å²) in [6.07, 6.45) is 0. The smallest absolute Gasteiger partial charge is 0.0936 e. The van der Waals surface area contributed by atoms with Gasteiger partial charge in [0.05, 0.1) is 19.3 Å². The fourth-order valence-electron chi connectivity index (χ4n) is 0.440. The minimum absolute atomic E-state index is 1.11. The van der Waals surface area contributed by atoms with Crippen LogP contribution in [0, 0.1) is 0 Å². The summed E-state index contributed by atoms with van der Waals surface area (Å²) < 4.78 is 10.9. The van der Waals surface area contributed by atoms with E-state index >= 15 is 0 Å². The molecule has 3 unspecified atom stereocenters. The Balaban J connectivity index is 4.25. The van der Waals surface area contributed by atoms with E-state index in [1.165, 1.54) is 13.8 Å². The van der Waals surface area contributed by atoms with Crippen molar-refractivity contribution in [1.29, 1.82) is 0 Å². The second-order valence-corrected chi connectivity index (χ2v) is 4.77. The first kappa shape index (κ1) is 11.6. The van der Waals surface area contributed by atoms with E-state index in [2.05, 4.69) is 0 Å². The third-order valence-electron chi connectivity index (χ3n) is 1.26. The first-order chi connectivity index (χ1) is 5.27. The molecule has 0 aliphatic rings. The fraction of sp³-hybridized carbons (Fsp3) is 0.800. The number of nitrogens with one attached hydrogen (secondary N) is 1. The first-order valence-electron chi connectivity index (χ1n) is 3.32. The van der Waals surface area contributed by atoms with Gasteiger partial charge in [0.15, 0.2) is 0 Å². The first-order valence-corrected chi connectivity index (χ1v) is 5.01. The van der Waals surface area contributed by atoms with E-state index in [0.29, 0.717) is 0 Å². The molecule has 0 aromatic carbocycles. The van der Waals surface area contributed by atoms with Gasteiger partial charge >= 0.3 is 0 Å². The van der Waals surface area contributed by atoms with Gasteiger partial charge in [0.25, 0.3) is 0 Å². The Hall–Kier alpha value is -0.420. The van der Waals surface area contributed by atoms with Gasteiger partial charge in [0, 0.05) is 6.04 Å². The van der Waals surface area contributed by atoms with Gasteiger partial charge < -0.3 is 25.1 Å². The maximum Gasteiger partial charge on any atom is 0.0936 e. The van der Waals surface area contributed by atoms with Crippen LogP contribution in [0.5, 0.6) is 0 Å². The molecule has 0 fully saturated rings. The molecule has 0 amide bonds. The molecule has 0 spiro atoms. The maximum absolute atomic E-state index is 10.9. The molecule has 6 nitrogen and oxygen atoms in total. The number of carbonyl (C=O) groups is 1. The Morgan fingerprint density at radius 3 is 2.25 bits per heavy atom. The normalized spacial score (nSPS) is 21.0. The lowest BCUT2D eigenvalue weighted by atomic mass is 10.4. The van der Waals surface area contributed by atoms with Crippen LogP contribution in [0.1, 0.15) is 13.8 Å². The van der Waals surface area contributed by atoms with E-state index in [1.807, 2.05) is 5.09 Å². The highest BCUT2D eigenvalue weighted by molar-refractivity contribution is 7.55. The highest BCUT2D eigenvalue weighted by Gasteiger charge is 2.16. The minimum Gasteiger partial charge on any atom is -0.787 e. The topological polar surface area (TPSA) is 118 Å². The highest BCUT2D eigenvalue weighted by Crippen LogP contribution is 2.33. The molecular formula is C5H11N2O4P-2. The van der Waals surface area contributed by atoms with Gasteiger partial charge in [-0.25, -0.2) is 0 Å². The van der Waals surface area contributed by atoms with Crippen molar-refractivity contribution in [1.82, 2.24) is 5.09 Å². The van der Waals surface area contributed by atoms with Gasteiger partial charge in [0.1, 0.15) is 0 Å². The molecule has 3 N–H and O–H groups in total. The third kappa shape index (κ3) is 3.32. The van der Waals surface area contributed by atoms with Gasteiger partial charge in [-0.15, -0.1) is 0 Å².